The number of halogens is 1. The van der Waals surface area contributed by atoms with E-state index in [-0.39, 0.29) is 63.1 Å². The molecule has 5 saturated carbocycles. The number of ether oxygens (including phenoxy) is 1. The smallest absolute Gasteiger partial charge is 0.309 e. The van der Waals surface area contributed by atoms with Crippen LogP contribution in [0.15, 0.2) is 35.4 Å². The minimum absolute atomic E-state index is 0.0291. The van der Waals surface area contributed by atoms with Crippen LogP contribution < -0.4 is 5.32 Å². The van der Waals surface area contributed by atoms with Crippen LogP contribution >= 0.6 is 0 Å². The number of hydrogen-bond donors (Lipinski definition) is 3. The van der Waals surface area contributed by atoms with Crippen molar-refractivity contribution in [1.82, 2.24) is 5.32 Å². The molecule has 5 fully saturated rings. The summed E-state index contributed by atoms with van der Waals surface area (Å²) in [4.78, 5) is 39.4. The summed E-state index contributed by atoms with van der Waals surface area (Å²) < 4.78 is 19.9. The predicted octanol–water partition coefficient (Wildman–Crippen LogP) is 8.92. The Morgan fingerprint density at radius 2 is 1.56 bits per heavy atom. The van der Waals surface area contributed by atoms with Crippen LogP contribution in [0.3, 0.4) is 0 Å². The van der Waals surface area contributed by atoms with Crippen LogP contribution in [0.5, 0.6) is 0 Å². The van der Waals surface area contributed by atoms with Crippen LogP contribution in [0.2, 0.25) is 0 Å². The maximum atomic E-state index is 14.0. The van der Waals surface area contributed by atoms with Gasteiger partial charge in [0.05, 0.1) is 17.9 Å². The van der Waals surface area contributed by atoms with E-state index in [0.717, 1.165) is 62.5 Å². The van der Waals surface area contributed by atoms with Crippen molar-refractivity contribution in [3.8, 4) is 0 Å². The molecule has 0 radical (unpaired) electrons. The molecular weight excluding hydrogens is 682 g/mol. The Kier molecular flexibility index (Phi) is 9.73. The highest BCUT2D eigenvalue weighted by Crippen LogP contribution is 2.77. The molecule has 1 aromatic carbocycles. The van der Waals surface area contributed by atoms with Crippen LogP contribution in [0.1, 0.15) is 132 Å². The molecule has 0 aliphatic heterocycles. The maximum Gasteiger partial charge on any atom is 0.309 e. The molecule has 0 saturated heterocycles. The molecule has 3 N–H and O–H groups in total. The summed E-state index contributed by atoms with van der Waals surface area (Å²) in [5, 5.41) is 25.2. The zero-order valence-electron chi connectivity index (χ0n) is 34.3. The van der Waals surface area contributed by atoms with E-state index in [0.29, 0.717) is 37.8 Å². The lowest BCUT2D eigenvalue weighted by atomic mass is 9.33. The fourth-order valence-electron chi connectivity index (χ4n) is 14.4. The van der Waals surface area contributed by atoms with E-state index < -0.39 is 28.8 Å². The number of nitrogens with one attached hydrogen (secondary N) is 1. The van der Waals surface area contributed by atoms with Crippen LogP contribution in [0.25, 0.3) is 0 Å². The van der Waals surface area contributed by atoms with E-state index in [4.69, 9.17) is 4.74 Å². The van der Waals surface area contributed by atoms with Gasteiger partial charge in [-0.2, -0.15) is 0 Å². The summed E-state index contributed by atoms with van der Waals surface area (Å²) in [6.07, 6.45) is 7.63. The fraction of sp³-hybridized carbons (Fsp3) is 0.761. The molecule has 11 atom stereocenters. The van der Waals surface area contributed by atoms with Gasteiger partial charge in [-0.1, -0.05) is 80.0 Å². The maximum absolute atomic E-state index is 14.0. The summed E-state index contributed by atoms with van der Waals surface area (Å²) in [6.45, 7) is 21.2. The number of esters is 1. The number of hydrogen-bond acceptors (Lipinski definition) is 6. The second kappa shape index (κ2) is 13.2. The molecule has 6 aliphatic carbocycles. The first-order chi connectivity index (χ1) is 25.1. The first-order valence-corrected chi connectivity index (χ1v) is 21.0. The van der Waals surface area contributed by atoms with Crippen molar-refractivity contribution < 1.29 is 33.7 Å². The number of aliphatic hydroxyl groups is 1. The van der Waals surface area contributed by atoms with Crippen LogP contribution in [-0.4, -0.2) is 46.7 Å². The molecule has 7 rings (SSSR count). The molecule has 8 heteroatoms. The quantitative estimate of drug-likeness (QED) is 0.216. The summed E-state index contributed by atoms with van der Waals surface area (Å²) in [5.74, 6) is -0.835. The molecular formula is C46H66FNO6. The van der Waals surface area contributed by atoms with Crippen molar-refractivity contribution in [1.29, 1.82) is 0 Å². The van der Waals surface area contributed by atoms with E-state index in [9.17, 15) is 29.0 Å². The van der Waals surface area contributed by atoms with Gasteiger partial charge in [-0.05, 0) is 126 Å². The molecule has 7 nitrogen and oxygen atoms in total. The van der Waals surface area contributed by atoms with Gasteiger partial charge in [0.25, 0.3) is 0 Å². The number of fused-ring (bicyclic) bond motifs is 7. The number of benzene rings is 1. The van der Waals surface area contributed by atoms with E-state index in [2.05, 4.69) is 53.8 Å². The molecule has 54 heavy (non-hydrogen) atoms. The van der Waals surface area contributed by atoms with Gasteiger partial charge >= 0.3 is 11.9 Å². The number of carbonyl (C=O) groups excluding carboxylic acids is 2. The van der Waals surface area contributed by atoms with Gasteiger partial charge < -0.3 is 20.3 Å². The number of carboxylic acid groups (broad SMARTS) is 1. The molecule has 0 aromatic heterocycles. The van der Waals surface area contributed by atoms with E-state index in [1.807, 2.05) is 13.8 Å². The lowest BCUT2D eigenvalue weighted by molar-refractivity contribution is -0.238. The first-order valence-electron chi connectivity index (χ1n) is 21.0. The van der Waals surface area contributed by atoms with Crippen molar-refractivity contribution >= 4 is 17.7 Å². The van der Waals surface area contributed by atoms with Crippen molar-refractivity contribution in [2.45, 2.75) is 145 Å². The number of carbonyl (C=O) groups is 3. The molecule has 0 bridgehead atoms. The van der Waals surface area contributed by atoms with Crippen LogP contribution in [-0.2, 0) is 25.7 Å². The number of aliphatic carboxylic acids is 1. The molecule has 0 spiro atoms. The number of allylic oxidation sites excluding steroid dienone is 1. The Balaban J connectivity index is 1.12. The van der Waals surface area contributed by atoms with Crippen molar-refractivity contribution in [3.05, 3.63) is 46.8 Å². The van der Waals surface area contributed by atoms with Gasteiger partial charge in [0.2, 0.25) is 0 Å². The van der Waals surface area contributed by atoms with Crippen molar-refractivity contribution in [2.24, 2.45) is 68.0 Å². The SMILES string of the molecule is CC(C)C1=C2[C@H]3CC[C@@H]4[C@@]5(C)CC[C@H](OC(=O)[C@H]6C[C@@H](C(=O)O)C6(C)C)C(C)(C)[C@@H]5CC[C@@]4(C)[C@]3(C)CC[C@@]2([C@@H](O)CNCc2ccc(F)cc2)CC1=O. The van der Waals surface area contributed by atoms with Gasteiger partial charge in [0, 0.05) is 30.3 Å². The Labute approximate surface area is 322 Å². The van der Waals surface area contributed by atoms with Gasteiger partial charge in [-0.3, -0.25) is 14.4 Å². The first kappa shape index (κ1) is 39.6. The highest BCUT2D eigenvalue weighted by molar-refractivity contribution is 6.00. The highest BCUT2D eigenvalue weighted by atomic mass is 19.1. The van der Waals surface area contributed by atoms with Gasteiger partial charge in [-0.15, -0.1) is 0 Å². The van der Waals surface area contributed by atoms with Crippen molar-refractivity contribution in [3.63, 3.8) is 0 Å². The minimum Gasteiger partial charge on any atom is -0.481 e. The Hall–Kier alpha value is -2.58. The van der Waals surface area contributed by atoms with Crippen LogP contribution in [0, 0.1) is 73.8 Å². The third-order valence-electron chi connectivity index (χ3n) is 17.8. The van der Waals surface area contributed by atoms with Crippen molar-refractivity contribution in [2.75, 3.05) is 6.54 Å². The second-order valence-corrected chi connectivity index (χ2v) is 20.9. The average Bonchev–Trinajstić information content (AvgIpc) is 3.40. The highest BCUT2D eigenvalue weighted by Gasteiger charge is 2.71. The molecule has 6 aliphatic rings. The second-order valence-electron chi connectivity index (χ2n) is 20.9. The van der Waals surface area contributed by atoms with E-state index in [1.54, 1.807) is 12.1 Å². The minimum atomic E-state index is -0.835. The summed E-state index contributed by atoms with van der Waals surface area (Å²) >= 11 is 0. The normalized spacial score (nSPS) is 41.2. The topological polar surface area (TPSA) is 113 Å². The van der Waals surface area contributed by atoms with Gasteiger partial charge in [0.15, 0.2) is 5.78 Å². The van der Waals surface area contributed by atoms with E-state index >= 15 is 0 Å². The largest absolute Gasteiger partial charge is 0.481 e. The van der Waals surface area contributed by atoms with Gasteiger partial charge in [0.1, 0.15) is 11.9 Å². The third-order valence-corrected chi connectivity index (χ3v) is 17.8. The summed E-state index contributed by atoms with van der Waals surface area (Å²) in [7, 11) is 0. The van der Waals surface area contributed by atoms with Crippen LogP contribution in [0.4, 0.5) is 4.39 Å². The summed E-state index contributed by atoms with van der Waals surface area (Å²) in [6, 6.07) is 6.45. The zero-order chi connectivity index (χ0) is 39.4. The Bertz CT molecular complexity index is 1720. The average molecular weight is 748 g/mol. The molecule has 0 amide bonds. The third kappa shape index (κ3) is 5.63. The molecule has 0 heterocycles. The van der Waals surface area contributed by atoms with Gasteiger partial charge in [-0.25, -0.2) is 4.39 Å². The number of rotatable bonds is 9. The van der Waals surface area contributed by atoms with E-state index in [1.165, 1.54) is 17.7 Å². The Morgan fingerprint density at radius 1 is 0.870 bits per heavy atom. The number of ketones is 1. The number of aliphatic hydroxyl groups excluding tert-OH is 1. The summed E-state index contributed by atoms with van der Waals surface area (Å²) in [5.41, 5.74) is 1.87. The fourth-order valence-corrected chi connectivity index (χ4v) is 14.4. The zero-order valence-corrected chi connectivity index (χ0v) is 34.3. The number of Topliss-reactive ketones (excluding diaryl/α,β-unsaturated/α-hetero) is 1. The predicted molar refractivity (Wildman–Crippen MR) is 206 cm³/mol. The standard InChI is InChI=1S/C46H66FNO6/c1-26(2)37-32(49)23-46(35(50)25-48-24-27-10-12-28(47)13-11-27)21-20-44(8)29(38(37)46)14-15-34-43(7)18-17-36(42(5,6)33(43)16-19-45(34,44)9)54-40(53)31-22-30(39(51)52)41(31,3)4/h10-13,26,29-31,33-36,48,50H,14-25H2,1-9H3,(H,51,52)/t29-,30+,31-,33+,34-,35+,36+,43+,44-,45-,46+/m1/s1. The Morgan fingerprint density at radius 3 is 2.19 bits per heavy atom. The molecule has 298 valence electrons. The molecule has 1 aromatic rings. The molecule has 0 unspecified atom stereocenters. The number of carboxylic acids is 1. The lowest BCUT2D eigenvalue weighted by Gasteiger charge is -2.72. The monoisotopic (exact) mass is 747 g/mol. The lowest BCUT2D eigenvalue weighted by Crippen LogP contribution is -2.66.